The molecular formula is C9H5ClFNO2. The predicted molar refractivity (Wildman–Crippen MR) is 50.2 cm³/mol. The lowest BCUT2D eigenvalue weighted by Gasteiger charge is -1.89. The fourth-order valence-corrected chi connectivity index (χ4v) is 1.45. The van der Waals surface area contributed by atoms with Crippen LogP contribution in [0.3, 0.4) is 0 Å². The zero-order valence-corrected chi connectivity index (χ0v) is 7.60. The molecule has 1 heterocycles. The monoisotopic (exact) mass is 213 g/mol. The number of aromatic amines is 1. The lowest BCUT2D eigenvalue weighted by atomic mass is 10.2. The van der Waals surface area contributed by atoms with E-state index in [-0.39, 0.29) is 5.39 Å². The van der Waals surface area contributed by atoms with Gasteiger partial charge in [-0.1, -0.05) is 11.6 Å². The Kier molecular flexibility index (Phi) is 1.93. The molecule has 1 aromatic heterocycles. The van der Waals surface area contributed by atoms with Gasteiger partial charge in [-0.25, -0.2) is 9.18 Å². The van der Waals surface area contributed by atoms with Crippen LogP contribution in [0.4, 0.5) is 4.39 Å². The number of hydrogen-bond donors (Lipinski definition) is 2. The van der Waals surface area contributed by atoms with Crippen LogP contribution in [0.1, 0.15) is 10.5 Å². The minimum atomic E-state index is -1.32. The van der Waals surface area contributed by atoms with Gasteiger partial charge in [-0.15, -0.1) is 0 Å². The Morgan fingerprint density at radius 2 is 2.21 bits per heavy atom. The molecule has 0 aliphatic rings. The quantitative estimate of drug-likeness (QED) is 0.765. The highest BCUT2D eigenvalue weighted by Crippen LogP contribution is 2.23. The summed E-state index contributed by atoms with van der Waals surface area (Å²) in [6.07, 6.45) is 0. The van der Waals surface area contributed by atoms with Gasteiger partial charge in [0.05, 0.1) is 5.52 Å². The molecule has 0 spiro atoms. The number of aromatic nitrogens is 1. The summed E-state index contributed by atoms with van der Waals surface area (Å²) in [6, 6.07) is 4.43. The van der Waals surface area contributed by atoms with Crippen molar-refractivity contribution in [1.82, 2.24) is 4.98 Å². The van der Waals surface area contributed by atoms with Gasteiger partial charge >= 0.3 is 5.97 Å². The molecule has 2 N–H and O–H groups in total. The summed E-state index contributed by atoms with van der Waals surface area (Å²) in [5.41, 5.74) is -0.0605. The van der Waals surface area contributed by atoms with Crippen molar-refractivity contribution in [3.63, 3.8) is 0 Å². The van der Waals surface area contributed by atoms with Crippen molar-refractivity contribution in [3.8, 4) is 0 Å². The number of carbonyl (C=O) groups is 1. The molecular weight excluding hydrogens is 209 g/mol. The zero-order valence-electron chi connectivity index (χ0n) is 6.84. The molecule has 3 nitrogen and oxygen atoms in total. The number of carboxylic acid groups (broad SMARTS) is 1. The SMILES string of the molecule is O=C(O)c1[nH]c2cc(Cl)ccc2c1F. The second kappa shape index (κ2) is 2.99. The molecule has 0 fully saturated rings. The molecule has 0 aliphatic heterocycles. The van der Waals surface area contributed by atoms with E-state index in [1.807, 2.05) is 0 Å². The first-order chi connectivity index (χ1) is 6.59. The molecule has 0 saturated heterocycles. The second-order valence-corrected chi connectivity index (χ2v) is 3.25. The van der Waals surface area contributed by atoms with E-state index in [4.69, 9.17) is 16.7 Å². The standard InChI is InChI=1S/C9H5ClFNO2/c10-4-1-2-5-6(3-4)12-8(7(5)11)9(13)14/h1-3,12H,(H,13,14). The lowest BCUT2D eigenvalue weighted by molar-refractivity contribution is 0.0686. The molecule has 14 heavy (non-hydrogen) atoms. The molecule has 2 rings (SSSR count). The van der Waals surface area contributed by atoms with Crippen LogP contribution in [0.15, 0.2) is 18.2 Å². The molecule has 0 unspecified atom stereocenters. The van der Waals surface area contributed by atoms with E-state index < -0.39 is 17.5 Å². The largest absolute Gasteiger partial charge is 0.476 e. The first-order valence-electron chi connectivity index (χ1n) is 3.79. The number of aromatic carboxylic acids is 1. The molecule has 5 heteroatoms. The first kappa shape index (κ1) is 9.02. The van der Waals surface area contributed by atoms with Crippen LogP contribution in [0.2, 0.25) is 5.02 Å². The average Bonchev–Trinajstić information content (AvgIpc) is 2.43. The van der Waals surface area contributed by atoms with Gasteiger partial charge in [0.1, 0.15) is 0 Å². The third-order valence-corrected chi connectivity index (χ3v) is 2.15. The smallest absolute Gasteiger partial charge is 0.355 e. The highest BCUT2D eigenvalue weighted by Gasteiger charge is 2.16. The summed E-state index contributed by atoms with van der Waals surface area (Å²) in [7, 11) is 0. The Morgan fingerprint density at radius 1 is 1.50 bits per heavy atom. The molecule has 0 atom stereocenters. The predicted octanol–water partition coefficient (Wildman–Crippen LogP) is 2.66. The summed E-state index contributed by atoms with van der Waals surface area (Å²) >= 11 is 5.67. The number of rotatable bonds is 1. The first-order valence-corrected chi connectivity index (χ1v) is 4.17. The zero-order chi connectivity index (χ0) is 10.3. The van der Waals surface area contributed by atoms with Crippen molar-refractivity contribution in [3.05, 3.63) is 34.7 Å². The van der Waals surface area contributed by atoms with Crippen LogP contribution in [0, 0.1) is 5.82 Å². The Balaban J connectivity index is 2.79. The van der Waals surface area contributed by atoms with Crippen LogP contribution < -0.4 is 0 Å². The Bertz CT molecular complexity index is 521. The number of hydrogen-bond acceptors (Lipinski definition) is 1. The van der Waals surface area contributed by atoms with Crippen LogP contribution in [-0.2, 0) is 0 Å². The van der Waals surface area contributed by atoms with Crippen molar-refractivity contribution in [2.45, 2.75) is 0 Å². The number of fused-ring (bicyclic) bond motifs is 1. The molecule has 2 aromatic rings. The topological polar surface area (TPSA) is 53.1 Å². The van der Waals surface area contributed by atoms with Gasteiger partial charge < -0.3 is 10.1 Å². The summed E-state index contributed by atoms with van der Waals surface area (Å²) in [6.45, 7) is 0. The van der Waals surface area contributed by atoms with Gasteiger partial charge in [0.2, 0.25) is 0 Å². The van der Waals surface area contributed by atoms with Gasteiger partial charge in [-0.05, 0) is 18.2 Å². The van der Waals surface area contributed by atoms with Crippen molar-refractivity contribution >= 4 is 28.5 Å². The summed E-state index contributed by atoms with van der Waals surface area (Å²) in [5.74, 6) is -2.08. The normalized spacial score (nSPS) is 10.7. The average molecular weight is 214 g/mol. The number of benzene rings is 1. The molecule has 0 aliphatic carbocycles. The third-order valence-electron chi connectivity index (χ3n) is 1.91. The summed E-state index contributed by atoms with van der Waals surface area (Å²) in [4.78, 5) is 13.0. The van der Waals surface area contributed by atoms with Gasteiger partial charge in [-0.2, -0.15) is 0 Å². The second-order valence-electron chi connectivity index (χ2n) is 2.81. The molecule has 0 saturated carbocycles. The highest BCUT2D eigenvalue weighted by atomic mass is 35.5. The van der Waals surface area contributed by atoms with Gasteiger partial charge in [-0.3, -0.25) is 0 Å². The van der Waals surface area contributed by atoms with Gasteiger partial charge in [0.25, 0.3) is 0 Å². The van der Waals surface area contributed by atoms with Crippen molar-refractivity contribution in [2.75, 3.05) is 0 Å². The maximum Gasteiger partial charge on any atom is 0.355 e. The molecule has 72 valence electrons. The van der Waals surface area contributed by atoms with Crippen LogP contribution in [0.5, 0.6) is 0 Å². The van der Waals surface area contributed by atoms with E-state index in [9.17, 15) is 9.18 Å². The Labute approximate surface area is 83.1 Å². The molecule has 0 radical (unpaired) electrons. The van der Waals surface area contributed by atoms with E-state index in [2.05, 4.69) is 4.98 Å². The summed E-state index contributed by atoms with van der Waals surface area (Å²) in [5, 5.41) is 9.29. The van der Waals surface area contributed by atoms with E-state index in [0.717, 1.165) is 0 Å². The van der Waals surface area contributed by atoms with Crippen LogP contribution >= 0.6 is 11.6 Å². The van der Waals surface area contributed by atoms with Gasteiger partial charge in [0.15, 0.2) is 11.5 Å². The number of H-pyrrole nitrogens is 1. The third kappa shape index (κ3) is 1.24. The minimum Gasteiger partial charge on any atom is -0.476 e. The van der Waals surface area contributed by atoms with E-state index >= 15 is 0 Å². The van der Waals surface area contributed by atoms with E-state index in [1.54, 1.807) is 0 Å². The van der Waals surface area contributed by atoms with E-state index in [0.29, 0.717) is 10.5 Å². The Morgan fingerprint density at radius 3 is 2.86 bits per heavy atom. The van der Waals surface area contributed by atoms with Gasteiger partial charge in [0, 0.05) is 10.4 Å². The summed E-state index contributed by atoms with van der Waals surface area (Å²) < 4.78 is 13.4. The molecule has 0 bridgehead atoms. The fraction of sp³-hybridized carbons (Fsp3) is 0. The molecule has 1 aromatic carbocycles. The highest BCUT2D eigenvalue weighted by molar-refractivity contribution is 6.31. The Hall–Kier alpha value is -1.55. The van der Waals surface area contributed by atoms with Crippen molar-refractivity contribution < 1.29 is 14.3 Å². The van der Waals surface area contributed by atoms with Crippen molar-refractivity contribution in [2.24, 2.45) is 0 Å². The number of carboxylic acids is 1. The lowest BCUT2D eigenvalue weighted by Crippen LogP contribution is -1.98. The number of nitrogens with one attached hydrogen (secondary N) is 1. The minimum absolute atomic E-state index is 0.229. The maximum atomic E-state index is 13.4. The van der Waals surface area contributed by atoms with Crippen LogP contribution in [0.25, 0.3) is 10.9 Å². The van der Waals surface area contributed by atoms with E-state index in [1.165, 1.54) is 18.2 Å². The molecule has 0 amide bonds. The maximum absolute atomic E-state index is 13.4. The fourth-order valence-electron chi connectivity index (χ4n) is 1.28. The number of halogens is 2. The van der Waals surface area contributed by atoms with Crippen molar-refractivity contribution in [1.29, 1.82) is 0 Å². The van der Waals surface area contributed by atoms with Crippen LogP contribution in [-0.4, -0.2) is 16.1 Å².